The van der Waals surface area contributed by atoms with E-state index in [1.54, 1.807) is 31.2 Å². The second kappa shape index (κ2) is 6.01. The van der Waals surface area contributed by atoms with Crippen LogP contribution in [0.2, 0.25) is 0 Å². The summed E-state index contributed by atoms with van der Waals surface area (Å²) in [4.78, 5) is 24.4. The van der Waals surface area contributed by atoms with Crippen LogP contribution in [0.1, 0.15) is 47.4 Å². The van der Waals surface area contributed by atoms with Crippen LogP contribution in [0.5, 0.6) is 0 Å². The van der Waals surface area contributed by atoms with Gasteiger partial charge in [-0.05, 0) is 39.8 Å². The normalized spacial score (nSPS) is 11.1. The molecular weight excluding hydrogens is 282 g/mol. The number of anilines is 1. The van der Waals surface area contributed by atoms with Crippen LogP contribution in [-0.4, -0.2) is 22.5 Å². The van der Waals surface area contributed by atoms with Gasteiger partial charge in [0.15, 0.2) is 0 Å². The van der Waals surface area contributed by atoms with Crippen molar-refractivity contribution < 1.29 is 14.1 Å². The predicted molar refractivity (Wildman–Crippen MR) is 82.9 cm³/mol. The Balaban J connectivity index is 2.21. The van der Waals surface area contributed by atoms with Gasteiger partial charge in [-0.15, -0.1) is 0 Å². The zero-order chi connectivity index (χ0) is 16.3. The number of hydrogen-bond acceptors (Lipinski definition) is 4. The van der Waals surface area contributed by atoms with Gasteiger partial charge in [-0.2, -0.15) is 0 Å². The van der Waals surface area contributed by atoms with Crippen LogP contribution >= 0.6 is 0 Å². The molecule has 1 aromatic heterocycles. The summed E-state index contributed by atoms with van der Waals surface area (Å²) >= 11 is 0. The molecule has 2 N–H and O–H groups in total. The highest BCUT2D eigenvalue weighted by atomic mass is 16.5. The molecule has 0 spiro atoms. The average Bonchev–Trinajstić information content (AvgIpc) is 2.84. The van der Waals surface area contributed by atoms with Crippen molar-refractivity contribution in [2.24, 2.45) is 0 Å². The van der Waals surface area contributed by atoms with Crippen molar-refractivity contribution in [1.82, 2.24) is 10.5 Å². The first kappa shape index (κ1) is 15.8. The SMILES string of the molecule is Cc1cc(C(=O)Nc2ccccc2C(=O)NC(C)(C)C)on1. The maximum absolute atomic E-state index is 12.3. The Kier molecular flexibility index (Phi) is 4.30. The van der Waals surface area contributed by atoms with Gasteiger partial charge in [0.2, 0.25) is 5.76 Å². The Morgan fingerprint density at radius 1 is 1.14 bits per heavy atom. The smallest absolute Gasteiger partial charge is 0.294 e. The molecule has 0 aliphatic carbocycles. The van der Waals surface area contributed by atoms with Crippen molar-refractivity contribution in [1.29, 1.82) is 0 Å². The standard InChI is InChI=1S/C16H19N3O3/c1-10-9-13(22-19-10)15(21)17-12-8-6-5-7-11(12)14(20)18-16(2,3)4/h5-9H,1-4H3,(H,17,21)(H,18,20). The van der Waals surface area contributed by atoms with Gasteiger partial charge in [-0.3, -0.25) is 9.59 Å². The maximum atomic E-state index is 12.3. The summed E-state index contributed by atoms with van der Waals surface area (Å²) < 4.78 is 4.92. The minimum Gasteiger partial charge on any atom is -0.351 e. The molecule has 0 atom stereocenters. The van der Waals surface area contributed by atoms with Gasteiger partial charge in [0, 0.05) is 11.6 Å². The number of carbonyl (C=O) groups is 2. The Hall–Kier alpha value is -2.63. The lowest BCUT2D eigenvalue weighted by Crippen LogP contribution is -2.40. The van der Waals surface area contributed by atoms with Crippen molar-refractivity contribution >= 4 is 17.5 Å². The van der Waals surface area contributed by atoms with Crippen LogP contribution in [0.15, 0.2) is 34.9 Å². The monoisotopic (exact) mass is 301 g/mol. The molecule has 0 unspecified atom stereocenters. The first-order valence-electron chi connectivity index (χ1n) is 6.92. The van der Waals surface area contributed by atoms with Gasteiger partial charge >= 0.3 is 0 Å². The number of rotatable bonds is 3. The number of aromatic nitrogens is 1. The Morgan fingerprint density at radius 2 is 1.82 bits per heavy atom. The first-order valence-corrected chi connectivity index (χ1v) is 6.92. The first-order chi connectivity index (χ1) is 10.3. The fraction of sp³-hybridized carbons (Fsp3) is 0.312. The number of nitrogens with one attached hydrogen (secondary N) is 2. The summed E-state index contributed by atoms with van der Waals surface area (Å²) in [6.07, 6.45) is 0. The molecule has 2 amide bonds. The van der Waals surface area contributed by atoms with Crippen LogP contribution in [0, 0.1) is 6.92 Å². The number of amides is 2. The van der Waals surface area contributed by atoms with E-state index in [1.807, 2.05) is 20.8 Å². The molecule has 2 rings (SSSR count). The second-order valence-corrected chi connectivity index (χ2v) is 6.04. The van der Waals surface area contributed by atoms with Crippen LogP contribution in [-0.2, 0) is 0 Å². The summed E-state index contributed by atoms with van der Waals surface area (Å²) in [5.74, 6) is -0.600. The van der Waals surface area contributed by atoms with E-state index in [1.165, 1.54) is 6.07 Å². The molecule has 1 heterocycles. The van der Waals surface area contributed by atoms with Crippen molar-refractivity contribution in [3.05, 3.63) is 47.3 Å². The number of nitrogens with zero attached hydrogens (tertiary/aromatic N) is 1. The molecule has 0 fully saturated rings. The number of carbonyl (C=O) groups excluding carboxylic acids is 2. The second-order valence-electron chi connectivity index (χ2n) is 6.04. The molecule has 116 valence electrons. The Labute approximate surface area is 128 Å². The number of benzene rings is 1. The minimum absolute atomic E-state index is 0.100. The minimum atomic E-state index is -0.448. The summed E-state index contributed by atoms with van der Waals surface area (Å²) in [5, 5.41) is 9.21. The van der Waals surface area contributed by atoms with Crippen molar-refractivity contribution in [3.8, 4) is 0 Å². The molecule has 1 aromatic carbocycles. The van der Waals surface area contributed by atoms with E-state index in [0.29, 0.717) is 16.9 Å². The lowest BCUT2D eigenvalue weighted by molar-refractivity contribution is 0.0920. The van der Waals surface area contributed by atoms with Gasteiger partial charge in [0.25, 0.3) is 11.8 Å². The highest BCUT2D eigenvalue weighted by Gasteiger charge is 2.20. The quantitative estimate of drug-likeness (QED) is 0.913. The topological polar surface area (TPSA) is 84.2 Å². The molecule has 2 aromatic rings. The highest BCUT2D eigenvalue weighted by Crippen LogP contribution is 2.17. The van der Waals surface area contributed by atoms with E-state index in [2.05, 4.69) is 15.8 Å². The molecule has 22 heavy (non-hydrogen) atoms. The van der Waals surface area contributed by atoms with E-state index < -0.39 is 5.91 Å². The Bertz CT molecular complexity index is 699. The van der Waals surface area contributed by atoms with Crippen LogP contribution in [0.25, 0.3) is 0 Å². The molecule has 0 aliphatic heterocycles. The molecule has 0 bridgehead atoms. The third kappa shape index (κ3) is 3.94. The van der Waals surface area contributed by atoms with Crippen molar-refractivity contribution in [2.75, 3.05) is 5.32 Å². The summed E-state index contributed by atoms with van der Waals surface area (Å²) in [6, 6.07) is 8.34. The van der Waals surface area contributed by atoms with Gasteiger partial charge in [0.1, 0.15) is 0 Å². The fourth-order valence-electron chi connectivity index (χ4n) is 1.85. The zero-order valence-electron chi connectivity index (χ0n) is 13.1. The third-order valence-electron chi connectivity index (χ3n) is 2.76. The van der Waals surface area contributed by atoms with E-state index in [-0.39, 0.29) is 17.2 Å². The number of aryl methyl sites for hydroxylation is 1. The molecule has 0 radical (unpaired) electrons. The molecule has 0 saturated carbocycles. The highest BCUT2D eigenvalue weighted by molar-refractivity contribution is 6.08. The molecular formula is C16H19N3O3. The Morgan fingerprint density at radius 3 is 2.41 bits per heavy atom. The third-order valence-corrected chi connectivity index (χ3v) is 2.76. The van der Waals surface area contributed by atoms with E-state index >= 15 is 0 Å². The van der Waals surface area contributed by atoms with Crippen LogP contribution in [0.4, 0.5) is 5.69 Å². The number of para-hydroxylation sites is 1. The largest absolute Gasteiger partial charge is 0.351 e. The van der Waals surface area contributed by atoms with Crippen LogP contribution in [0.3, 0.4) is 0 Å². The van der Waals surface area contributed by atoms with Crippen molar-refractivity contribution in [2.45, 2.75) is 33.2 Å². The van der Waals surface area contributed by atoms with E-state index in [4.69, 9.17) is 4.52 Å². The van der Waals surface area contributed by atoms with E-state index in [0.717, 1.165) is 0 Å². The van der Waals surface area contributed by atoms with Gasteiger partial charge in [0.05, 0.1) is 16.9 Å². The lowest BCUT2D eigenvalue weighted by atomic mass is 10.1. The average molecular weight is 301 g/mol. The molecule has 6 heteroatoms. The van der Waals surface area contributed by atoms with Gasteiger partial charge < -0.3 is 15.2 Å². The van der Waals surface area contributed by atoms with Crippen LogP contribution < -0.4 is 10.6 Å². The zero-order valence-corrected chi connectivity index (χ0v) is 13.1. The summed E-state index contributed by atoms with van der Waals surface area (Å²) in [7, 11) is 0. The molecule has 0 aliphatic rings. The van der Waals surface area contributed by atoms with E-state index in [9.17, 15) is 9.59 Å². The van der Waals surface area contributed by atoms with Gasteiger partial charge in [-0.25, -0.2) is 0 Å². The summed E-state index contributed by atoms with van der Waals surface area (Å²) in [5.41, 5.74) is 1.06. The van der Waals surface area contributed by atoms with Crippen molar-refractivity contribution in [3.63, 3.8) is 0 Å². The van der Waals surface area contributed by atoms with Gasteiger partial charge in [-0.1, -0.05) is 17.3 Å². The molecule has 0 saturated heterocycles. The lowest BCUT2D eigenvalue weighted by Gasteiger charge is -2.21. The predicted octanol–water partition coefficient (Wildman–Crippen LogP) is 2.76. The molecule has 6 nitrogen and oxygen atoms in total. The maximum Gasteiger partial charge on any atom is 0.294 e. The number of hydrogen-bond donors (Lipinski definition) is 2. The fourth-order valence-corrected chi connectivity index (χ4v) is 1.85. The summed E-state index contributed by atoms with van der Waals surface area (Å²) in [6.45, 7) is 7.40.